The SMILES string of the molecule is CCN(c1cccc(C)c1)c1cc(N(C)C2CCS(=O)(=O)C2)ncn1. The largest absolute Gasteiger partial charge is 0.355 e. The molecule has 0 N–H and O–H groups in total. The predicted molar refractivity (Wildman–Crippen MR) is 101 cm³/mol. The number of hydrogen-bond donors (Lipinski definition) is 0. The van der Waals surface area contributed by atoms with Crippen LogP contribution >= 0.6 is 0 Å². The van der Waals surface area contributed by atoms with E-state index in [1.807, 2.05) is 24.1 Å². The summed E-state index contributed by atoms with van der Waals surface area (Å²) in [7, 11) is -1.02. The Kier molecular flexibility index (Phi) is 4.94. The van der Waals surface area contributed by atoms with Crippen molar-refractivity contribution >= 4 is 27.2 Å². The van der Waals surface area contributed by atoms with Gasteiger partial charge in [0.15, 0.2) is 9.84 Å². The van der Waals surface area contributed by atoms with Crippen molar-refractivity contribution in [2.24, 2.45) is 0 Å². The molecular weight excluding hydrogens is 336 g/mol. The zero-order valence-corrected chi connectivity index (χ0v) is 15.7. The molecule has 1 saturated heterocycles. The minimum Gasteiger partial charge on any atom is -0.355 e. The molecular formula is C18H24N4O2S. The van der Waals surface area contributed by atoms with Crippen molar-refractivity contribution < 1.29 is 8.42 Å². The summed E-state index contributed by atoms with van der Waals surface area (Å²) >= 11 is 0. The van der Waals surface area contributed by atoms with Crippen LogP contribution in [0.25, 0.3) is 0 Å². The van der Waals surface area contributed by atoms with Gasteiger partial charge in [-0.05, 0) is 38.0 Å². The maximum atomic E-state index is 11.7. The van der Waals surface area contributed by atoms with Crippen molar-refractivity contribution in [3.05, 3.63) is 42.2 Å². The molecule has 3 rings (SSSR count). The van der Waals surface area contributed by atoms with E-state index in [-0.39, 0.29) is 17.5 Å². The first-order chi connectivity index (χ1) is 11.9. The molecule has 1 unspecified atom stereocenters. The van der Waals surface area contributed by atoms with Crippen LogP contribution in [0.2, 0.25) is 0 Å². The highest BCUT2D eigenvalue weighted by molar-refractivity contribution is 7.91. The van der Waals surface area contributed by atoms with E-state index in [1.165, 1.54) is 5.56 Å². The molecule has 6 nitrogen and oxygen atoms in total. The normalized spacial score (nSPS) is 18.9. The molecule has 0 radical (unpaired) electrons. The summed E-state index contributed by atoms with van der Waals surface area (Å²) in [6.45, 7) is 4.93. The van der Waals surface area contributed by atoms with Crippen LogP contribution in [0, 0.1) is 6.92 Å². The lowest BCUT2D eigenvalue weighted by molar-refractivity contribution is 0.600. The Morgan fingerprint density at radius 2 is 1.96 bits per heavy atom. The molecule has 2 aromatic rings. The van der Waals surface area contributed by atoms with Crippen molar-refractivity contribution in [2.75, 3.05) is 34.9 Å². The van der Waals surface area contributed by atoms with Crippen molar-refractivity contribution in [2.45, 2.75) is 26.3 Å². The molecule has 1 aromatic carbocycles. The standard InChI is InChI=1S/C18H24N4O2S/c1-4-22(15-7-5-6-14(2)10-15)18-11-17(19-13-20-18)21(3)16-8-9-25(23,24)12-16/h5-7,10-11,13,16H,4,8-9,12H2,1-3H3. The van der Waals surface area contributed by atoms with Crippen molar-refractivity contribution in [3.63, 3.8) is 0 Å². The Balaban J connectivity index is 1.87. The highest BCUT2D eigenvalue weighted by Gasteiger charge is 2.31. The Morgan fingerprint density at radius 1 is 1.20 bits per heavy atom. The quantitative estimate of drug-likeness (QED) is 0.816. The van der Waals surface area contributed by atoms with Gasteiger partial charge in [-0.25, -0.2) is 18.4 Å². The van der Waals surface area contributed by atoms with E-state index in [0.717, 1.165) is 23.9 Å². The first kappa shape index (κ1) is 17.7. The molecule has 0 aliphatic carbocycles. The highest BCUT2D eigenvalue weighted by atomic mass is 32.2. The molecule has 0 spiro atoms. The first-order valence-corrected chi connectivity index (χ1v) is 10.3. The Morgan fingerprint density at radius 3 is 2.60 bits per heavy atom. The number of aromatic nitrogens is 2. The van der Waals surface area contributed by atoms with Crippen molar-refractivity contribution in [3.8, 4) is 0 Å². The summed E-state index contributed by atoms with van der Waals surface area (Å²) in [6, 6.07) is 10.2. The van der Waals surface area contributed by atoms with Crippen molar-refractivity contribution in [1.82, 2.24) is 9.97 Å². The van der Waals surface area contributed by atoms with Gasteiger partial charge in [-0.3, -0.25) is 0 Å². The first-order valence-electron chi connectivity index (χ1n) is 8.49. The smallest absolute Gasteiger partial charge is 0.152 e. The van der Waals surface area contributed by atoms with Crippen LogP contribution in [-0.2, 0) is 9.84 Å². The molecule has 134 valence electrons. The molecule has 25 heavy (non-hydrogen) atoms. The van der Waals surface area contributed by atoms with E-state index < -0.39 is 9.84 Å². The second kappa shape index (κ2) is 7.00. The second-order valence-corrected chi connectivity index (χ2v) is 8.71. The highest BCUT2D eigenvalue weighted by Crippen LogP contribution is 2.27. The van der Waals surface area contributed by atoms with Crippen LogP contribution in [0.3, 0.4) is 0 Å². The van der Waals surface area contributed by atoms with Gasteiger partial charge in [0.2, 0.25) is 0 Å². The monoisotopic (exact) mass is 360 g/mol. The van der Waals surface area contributed by atoms with Gasteiger partial charge in [0.05, 0.1) is 11.5 Å². The van der Waals surface area contributed by atoms with Crippen molar-refractivity contribution in [1.29, 1.82) is 0 Å². The van der Waals surface area contributed by atoms with E-state index in [2.05, 4.69) is 46.9 Å². The van der Waals surface area contributed by atoms with Gasteiger partial charge in [-0.1, -0.05) is 12.1 Å². The number of rotatable bonds is 5. The Bertz CT molecular complexity index is 854. The van der Waals surface area contributed by atoms with Gasteiger partial charge in [0.25, 0.3) is 0 Å². The molecule has 1 fully saturated rings. The molecule has 7 heteroatoms. The number of aryl methyl sites for hydroxylation is 1. The van der Waals surface area contributed by atoms with E-state index >= 15 is 0 Å². The lowest BCUT2D eigenvalue weighted by Crippen LogP contribution is -2.33. The molecule has 2 heterocycles. The number of benzene rings is 1. The number of sulfone groups is 1. The van der Waals surface area contributed by atoms with Crippen LogP contribution < -0.4 is 9.80 Å². The second-order valence-electron chi connectivity index (χ2n) is 6.49. The van der Waals surface area contributed by atoms with E-state index in [1.54, 1.807) is 6.33 Å². The fraction of sp³-hybridized carbons (Fsp3) is 0.444. The van der Waals surface area contributed by atoms with Gasteiger partial charge in [0.1, 0.15) is 18.0 Å². The summed E-state index contributed by atoms with van der Waals surface area (Å²) in [4.78, 5) is 12.9. The predicted octanol–water partition coefficient (Wildman–Crippen LogP) is 2.57. The number of anilines is 3. The zero-order valence-electron chi connectivity index (χ0n) is 14.9. The summed E-state index contributed by atoms with van der Waals surface area (Å²) in [5, 5.41) is 0. The van der Waals surface area contributed by atoms with Crippen LogP contribution in [0.4, 0.5) is 17.3 Å². The summed E-state index contributed by atoms with van der Waals surface area (Å²) in [5.74, 6) is 2.01. The zero-order chi connectivity index (χ0) is 18.0. The maximum Gasteiger partial charge on any atom is 0.152 e. The molecule has 1 aliphatic rings. The third-order valence-corrected chi connectivity index (χ3v) is 6.41. The minimum atomic E-state index is -2.92. The van der Waals surface area contributed by atoms with E-state index in [0.29, 0.717) is 6.42 Å². The topological polar surface area (TPSA) is 66.4 Å². The summed E-state index contributed by atoms with van der Waals surface area (Å²) in [5.41, 5.74) is 2.27. The molecule has 0 bridgehead atoms. The Labute approximate surface area is 149 Å². The third kappa shape index (κ3) is 3.92. The summed E-state index contributed by atoms with van der Waals surface area (Å²) < 4.78 is 23.5. The number of hydrogen-bond acceptors (Lipinski definition) is 6. The fourth-order valence-electron chi connectivity index (χ4n) is 3.22. The molecule has 1 atom stereocenters. The maximum absolute atomic E-state index is 11.7. The van der Waals surface area contributed by atoms with Crippen LogP contribution in [0.1, 0.15) is 18.9 Å². The van der Waals surface area contributed by atoms with Gasteiger partial charge in [0, 0.05) is 31.4 Å². The molecule has 1 aromatic heterocycles. The van der Waals surface area contributed by atoms with E-state index in [9.17, 15) is 8.42 Å². The number of nitrogens with zero attached hydrogens (tertiary/aromatic N) is 4. The average Bonchev–Trinajstić information content (AvgIpc) is 2.95. The van der Waals surface area contributed by atoms with Crippen LogP contribution in [-0.4, -0.2) is 49.5 Å². The van der Waals surface area contributed by atoms with Gasteiger partial charge >= 0.3 is 0 Å². The minimum absolute atomic E-state index is 0.0261. The van der Waals surface area contributed by atoms with E-state index in [4.69, 9.17) is 0 Å². The Hall–Kier alpha value is -2.15. The summed E-state index contributed by atoms with van der Waals surface area (Å²) in [6.07, 6.45) is 2.19. The molecule has 0 saturated carbocycles. The molecule has 1 aliphatic heterocycles. The van der Waals surface area contributed by atoms with Crippen LogP contribution in [0.15, 0.2) is 36.7 Å². The average molecular weight is 360 g/mol. The molecule has 0 amide bonds. The van der Waals surface area contributed by atoms with Crippen LogP contribution in [0.5, 0.6) is 0 Å². The fourth-order valence-corrected chi connectivity index (χ4v) is 4.99. The van der Waals surface area contributed by atoms with Gasteiger partial charge in [-0.15, -0.1) is 0 Å². The lowest BCUT2D eigenvalue weighted by atomic mass is 10.2. The van der Waals surface area contributed by atoms with Gasteiger partial charge in [-0.2, -0.15) is 0 Å². The third-order valence-electron chi connectivity index (χ3n) is 4.66. The van der Waals surface area contributed by atoms with Gasteiger partial charge < -0.3 is 9.80 Å². The lowest BCUT2D eigenvalue weighted by Gasteiger charge is -2.27.